The van der Waals surface area contributed by atoms with E-state index in [9.17, 15) is 56.2 Å². The molecule has 1 aliphatic heterocycles. The van der Waals surface area contributed by atoms with E-state index >= 15 is 0 Å². The molecule has 11 N–H and O–H groups in total. The second-order valence-corrected chi connectivity index (χ2v) is 11.1. The summed E-state index contributed by atoms with van der Waals surface area (Å²) >= 11 is 0. The lowest BCUT2D eigenvalue weighted by Crippen LogP contribution is -2.57. The van der Waals surface area contributed by atoms with Crippen LogP contribution in [0.1, 0.15) is 26.7 Å². The maximum atomic E-state index is 11.7. The second-order valence-electron chi connectivity index (χ2n) is 11.1. The van der Waals surface area contributed by atoms with Crippen molar-refractivity contribution in [1.29, 1.82) is 0 Å². The molecule has 1 fully saturated rings. The minimum atomic E-state index is -2.27. The van der Waals surface area contributed by atoms with Crippen molar-refractivity contribution < 1.29 is 94.1 Å². The molecular weight excluding hydrogens is 640 g/mol. The number of hydrogen-bond donors (Lipinski definition) is 11. The summed E-state index contributed by atoms with van der Waals surface area (Å²) in [7, 11) is 1.14. The van der Waals surface area contributed by atoms with Crippen LogP contribution >= 0.6 is 0 Å². The van der Waals surface area contributed by atoms with Gasteiger partial charge in [0.05, 0.1) is 78.8 Å². The molecule has 0 radical (unpaired) electrons. The minimum Gasteiger partial charge on any atom is -0.394 e. The first-order valence-electron chi connectivity index (χ1n) is 15.4. The van der Waals surface area contributed by atoms with Gasteiger partial charge >= 0.3 is 0 Å². The fraction of sp³-hybridized carbons (Fsp3) is 1.00. The molecule has 0 saturated carbocycles. The third kappa shape index (κ3) is 11.6. The van der Waals surface area contributed by atoms with Gasteiger partial charge in [0.2, 0.25) is 11.6 Å². The summed E-state index contributed by atoms with van der Waals surface area (Å²) in [6.07, 6.45) is -6.49. The summed E-state index contributed by atoms with van der Waals surface area (Å²) in [6, 6.07) is 0. The molecule has 1 unspecified atom stereocenters. The summed E-state index contributed by atoms with van der Waals surface area (Å²) in [6.45, 7) is -5.62. The highest BCUT2D eigenvalue weighted by Crippen LogP contribution is 2.40. The zero-order valence-corrected chi connectivity index (χ0v) is 27.3. The standard InChI is InChI=1S/C28H56O19/c1-4-25(14-36,44-19(6-29)7-30)41-13-22-23(12-35)47-28(24(22)39,18-42-26(5-2,15-37)45-20(8-31)9-32)43-17-27(16-38,40-3)46-21(10-33)11-34/h19-24,29-39H,4-18H2,1-3H3/t22?,23-,24+,25-,26-,27+,28-/m1/s1. The molecule has 19 heteroatoms. The SMILES string of the molecule is CC[C@@](CO)(OCC1[C@@H](CO)O[C@@](CO[C@@](CC)(CO)OC(CO)CO)(OC[C@@](CO)(OC)OC(CO)CO)[C@H]1O)OC(CO)CO. The Morgan fingerprint density at radius 1 is 0.660 bits per heavy atom. The topological polar surface area (TPSA) is 296 Å². The Morgan fingerprint density at radius 3 is 1.45 bits per heavy atom. The van der Waals surface area contributed by atoms with Crippen LogP contribution < -0.4 is 0 Å². The van der Waals surface area contributed by atoms with Crippen LogP contribution in [0.15, 0.2) is 0 Å². The highest BCUT2D eigenvalue weighted by molar-refractivity contribution is 4.98. The van der Waals surface area contributed by atoms with Crippen LogP contribution in [-0.4, -0.2) is 203 Å². The molecule has 0 bridgehead atoms. The number of rotatable bonds is 28. The monoisotopic (exact) mass is 696 g/mol. The Labute approximate surface area is 273 Å². The van der Waals surface area contributed by atoms with Crippen molar-refractivity contribution in [2.75, 3.05) is 93.0 Å². The Balaban J connectivity index is 3.53. The van der Waals surface area contributed by atoms with E-state index in [-0.39, 0.29) is 12.8 Å². The summed E-state index contributed by atoms with van der Waals surface area (Å²) in [5, 5.41) is 110. The maximum absolute atomic E-state index is 11.7. The van der Waals surface area contributed by atoms with Gasteiger partial charge in [-0.2, -0.15) is 0 Å². The van der Waals surface area contributed by atoms with E-state index in [1.165, 1.54) is 0 Å². The Hall–Kier alpha value is -0.760. The van der Waals surface area contributed by atoms with Crippen LogP contribution in [0.25, 0.3) is 0 Å². The van der Waals surface area contributed by atoms with Gasteiger partial charge in [-0.15, -0.1) is 0 Å². The van der Waals surface area contributed by atoms with Crippen LogP contribution in [0.3, 0.4) is 0 Å². The van der Waals surface area contributed by atoms with Gasteiger partial charge in [0.15, 0.2) is 11.6 Å². The highest BCUT2D eigenvalue weighted by atomic mass is 16.8. The summed E-state index contributed by atoms with van der Waals surface area (Å²) in [5.74, 6) is -9.05. The maximum Gasteiger partial charge on any atom is 0.219 e. The molecular formula is C28H56O19. The zero-order valence-electron chi connectivity index (χ0n) is 27.3. The van der Waals surface area contributed by atoms with Crippen molar-refractivity contribution in [1.82, 2.24) is 0 Å². The molecule has 0 aromatic carbocycles. The smallest absolute Gasteiger partial charge is 0.219 e. The van der Waals surface area contributed by atoms with E-state index < -0.39 is 145 Å². The summed E-state index contributed by atoms with van der Waals surface area (Å²) in [4.78, 5) is 0. The van der Waals surface area contributed by atoms with Crippen molar-refractivity contribution in [3.05, 3.63) is 0 Å². The molecule has 0 amide bonds. The Bertz CT molecular complexity index is 763. The number of ether oxygens (including phenoxy) is 8. The molecule has 0 aromatic heterocycles. The van der Waals surface area contributed by atoms with Crippen molar-refractivity contribution in [3.8, 4) is 0 Å². The third-order valence-electron chi connectivity index (χ3n) is 8.01. The molecule has 0 aromatic rings. The van der Waals surface area contributed by atoms with E-state index in [4.69, 9.17) is 37.9 Å². The number of aliphatic hydroxyl groups is 11. The van der Waals surface area contributed by atoms with Crippen molar-refractivity contribution in [3.63, 3.8) is 0 Å². The molecule has 282 valence electrons. The second kappa shape index (κ2) is 21.5. The zero-order chi connectivity index (χ0) is 35.7. The van der Waals surface area contributed by atoms with Crippen LogP contribution in [-0.2, 0) is 37.9 Å². The van der Waals surface area contributed by atoms with Gasteiger partial charge in [0.25, 0.3) is 0 Å². The molecule has 1 saturated heterocycles. The fourth-order valence-corrected chi connectivity index (χ4v) is 4.73. The normalized spacial score (nSPS) is 25.9. The lowest BCUT2D eigenvalue weighted by Gasteiger charge is -2.41. The van der Waals surface area contributed by atoms with Crippen LogP contribution in [0.2, 0.25) is 0 Å². The van der Waals surface area contributed by atoms with Gasteiger partial charge in [0.1, 0.15) is 37.6 Å². The molecule has 1 aliphatic rings. The molecule has 19 nitrogen and oxygen atoms in total. The van der Waals surface area contributed by atoms with E-state index in [0.717, 1.165) is 7.11 Å². The fourth-order valence-electron chi connectivity index (χ4n) is 4.73. The third-order valence-corrected chi connectivity index (χ3v) is 8.01. The van der Waals surface area contributed by atoms with Crippen LogP contribution in [0, 0.1) is 5.92 Å². The molecule has 0 aliphatic carbocycles. The molecule has 1 heterocycles. The van der Waals surface area contributed by atoms with Crippen molar-refractivity contribution >= 4 is 0 Å². The van der Waals surface area contributed by atoms with Gasteiger partial charge < -0.3 is 94.1 Å². The van der Waals surface area contributed by atoms with Gasteiger partial charge in [-0.3, -0.25) is 0 Å². The van der Waals surface area contributed by atoms with Crippen molar-refractivity contribution in [2.45, 2.75) is 80.4 Å². The molecule has 0 spiro atoms. The quantitative estimate of drug-likeness (QED) is 0.0341. The number of methoxy groups -OCH3 is 1. The molecule has 7 atom stereocenters. The van der Waals surface area contributed by atoms with E-state index in [2.05, 4.69) is 0 Å². The lowest BCUT2D eigenvalue weighted by atomic mass is 9.95. The largest absolute Gasteiger partial charge is 0.394 e. The van der Waals surface area contributed by atoms with E-state index in [1.807, 2.05) is 0 Å². The predicted molar refractivity (Wildman–Crippen MR) is 156 cm³/mol. The Morgan fingerprint density at radius 2 is 1.09 bits per heavy atom. The lowest BCUT2D eigenvalue weighted by molar-refractivity contribution is -0.367. The average molecular weight is 697 g/mol. The van der Waals surface area contributed by atoms with Gasteiger partial charge in [-0.1, -0.05) is 13.8 Å². The molecule has 1 rings (SSSR count). The van der Waals surface area contributed by atoms with E-state index in [0.29, 0.717) is 0 Å². The first-order chi connectivity index (χ1) is 22.4. The van der Waals surface area contributed by atoms with E-state index in [1.54, 1.807) is 13.8 Å². The van der Waals surface area contributed by atoms with Crippen LogP contribution in [0.4, 0.5) is 0 Å². The van der Waals surface area contributed by atoms with Crippen molar-refractivity contribution in [2.24, 2.45) is 5.92 Å². The number of hydrogen-bond acceptors (Lipinski definition) is 19. The molecule has 47 heavy (non-hydrogen) atoms. The predicted octanol–water partition coefficient (Wildman–Crippen LogP) is -5.26. The summed E-state index contributed by atoms with van der Waals surface area (Å²) in [5.41, 5.74) is 0. The number of aliphatic hydroxyl groups excluding tert-OH is 11. The first-order valence-corrected chi connectivity index (χ1v) is 15.4. The highest BCUT2D eigenvalue weighted by Gasteiger charge is 2.58. The summed E-state index contributed by atoms with van der Waals surface area (Å²) < 4.78 is 45.9. The first kappa shape index (κ1) is 44.3. The van der Waals surface area contributed by atoms with Gasteiger partial charge in [-0.25, -0.2) is 0 Å². The average Bonchev–Trinajstić information content (AvgIpc) is 3.39. The van der Waals surface area contributed by atoms with Gasteiger partial charge in [-0.05, 0) is 0 Å². The minimum absolute atomic E-state index is 0.0308. The van der Waals surface area contributed by atoms with Crippen LogP contribution in [0.5, 0.6) is 0 Å². The Kier molecular flexibility index (Phi) is 20.2. The van der Waals surface area contributed by atoms with Gasteiger partial charge in [0, 0.05) is 25.9 Å².